The number of piperidine rings is 1. The van der Waals surface area contributed by atoms with Crippen molar-refractivity contribution in [2.75, 3.05) is 18.0 Å². The van der Waals surface area contributed by atoms with Crippen LogP contribution in [0.2, 0.25) is 5.02 Å². The van der Waals surface area contributed by atoms with Crippen LogP contribution in [0.3, 0.4) is 0 Å². The number of aliphatic carboxylic acids is 1. The normalized spacial score (nSPS) is 22.1. The number of halogens is 1. The van der Waals surface area contributed by atoms with Gasteiger partial charge in [0.15, 0.2) is 0 Å². The quantitative estimate of drug-likeness (QED) is 0.684. The lowest BCUT2D eigenvalue weighted by atomic mass is 9.81. The van der Waals surface area contributed by atoms with Gasteiger partial charge < -0.3 is 10.0 Å². The number of nitro groups is 1. The van der Waals surface area contributed by atoms with E-state index in [-0.39, 0.29) is 10.7 Å². The van der Waals surface area contributed by atoms with E-state index in [9.17, 15) is 20.0 Å². The molecule has 7 heteroatoms. The van der Waals surface area contributed by atoms with Crippen molar-refractivity contribution in [3.63, 3.8) is 0 Å². The van der Waals surface area contributed by atoms with Gasteiger partial charge in [-0.2, -0.15) is 0 Å². The van der Waals surface area contributed by atoms with E-state index in [2.05, 4.69) is 0 Å². The summed E-state index contributed by atoms with van der Waals surface area (Å²) in [5.41, 5.74) is 0.549. The van der Waals surface area contributed by atoms with E-state index in [1.807, 2.05) is 4.90 Å². The summed E-state index contributed by atoms with van der Waals surface area (Å²) in [5, 5.41) is 20.3. The second-order valence-corrected chi connectivity index (χ2v) is 6.15. The number of hydrogen-bond acceptors (Lipinski definition) is 4. The van der Waals surface area contributed by atoms with Gasteiger partial charge in [0, 0.05) is 24.8 Å². The molecular formula is C14H17ClN2O4. The van der Waals surface area contributed by atoms with Gasteiger partial charge in [-0.05, 0) is 38.3 Å². The third kappa shape index (κ3) is 2.95. The van der Waals surface area contributed by atoms with Crippen LogP contribution in [0.5, 0.6) is 0 Å². The number of nitrogens with zero attached hydrogens (tertiary/aromatic N) is 2. The van der Waals surface area contributed by atoms with E-state index in [4.69, 9.17) is 11.6 Å². The van der Waals surface area contributed by atoms with Gasteiger partial charge in [-0.3, -0.25) is 14.9 Å². The van der Waals surface area contributed by atoms with Gasteiger partial charge in [0.05, 0.1) is 10.3 Å². The number of rotatable bonds is 3. The van der Waals surface area contributed by atoms with Crippen LogP contribution in [0.4, 0.5) is 11.4 Å². The summed E-state index contributed by atoms with van der Waals surface area (Å²) >= 11 is 5.96. The second kappa shape index (κ2) is 5.52. The number of aryl methyl sites for hydroxylation is 1. The van der Waals surface area contributed by atoms with Crippen LogP contribution in [-0.4, -0.2) is 29.1 Å². The molecule has 0 amide bonds. The van der Waals surface area contributed by atoms with Gasteiger partial charge in [0.25, 0.3) is 5.69 Å². The maximum absolute atomic E-state index is 11.4. The molecule has 1 N–H and O–H groups in total. The molecule has 0 aromatic heterocycles. The first kappa shape index (κ1) is 15.6. The van der Waals surface area contributed by atoms with E-state index in [1.165, 1.54) is 6.07 Å². The summed E-state index contributed by atoms with van der Waals surface area (Å²) in [7, 11) is 0. The summed E-state index contributed by atoms with van der Waals surface area (Å²) in [6.45, 7) is 4.59. The van der Waals surface area contributed by atoms with Crippen molar-refractivity contribution < 1.29 is 14.8 Å². The summed E-state index contributed by atoms with van der Waals surface area (Å²) in [5.74, 6) is -0.821. The minimum atomic E-state index is -0.821. The highest BCUT2D eigenvalue weighted by atomic mass is 35.5. The Balaban J connectivity index is 2.36. The van der Waals surface area contributed by atoms with Gasteiger partial charge in [0.1, 0.15) is 5.02 Å². The molecule has 1 saturated heterocycles. The molecule has 21 heavy (non-hydrogen) atoms. The van der Waals surface area contributed by atoms with Crippen molar-refractivity contribution in [2.45, 2.75) is 26.7 Å². The van der Waals surface area contributed by atoms with Crippen molar-refractivity contribution in [1.29, 1.82) is 0 Å². The summed E-state index contributed by atoms with van der Waals surface area (Å²) in [4.78, 5) is 23.7. The van der Waals surface area contributed by atoms with Crippen molar-refractivity contribution >= 4 is 28.9 Å². The van der Waals surface area contributed by atoms with Crippen molar-refractivity contribution in [3.8, 4) is 0 Å². The molecule has 2 rings (SSSR count). The summed E-state index contributed by atoms with van der Waals surface area (Å²) in [6.07, 6.45) is 1.38. The number of anilines is 1. The van der Waals surface area contributed by atoms with Gasteiger partial charge >= 0.3 is 5.97 Å². The molecule has 1 unspecified atom stereocenters. The predicted molar refractivity (Wildman–Crippen MR) is 80.0 cm³/mol. The van der Waals surface area contributed by atoms with E-state index < -0.39 is 16.3 Å². The third-order valence-electron chi connectivity index (χ3n) is 4.02. The average Bonchev–Trinajstić information content (AvgIpc) is 2.40. The zero-order valence-electron chi connectivity index (χ0n) is 11.9. The minimum Gasteiger partial charge on any atom is -0.481 e. The molecule has 0 spiro atoms. The van der Waals surface area contributed by atoms with Crippen molar-refractivity contribution in [2.24, 2.45) is 5.41 Å². The number of carbonyl (C=O) groups is 1. The zero-order chi connectivity index (χ0) is 15.8. The van der Waals surface area contributed by atoms with E-state index >= 15 is 0 Å². The van der Waals surface area contributed by atoms with Crippen molar-refractivity contribution in [1.82, 2.24) is 0 Å². The van der Waals surface area contributed by atoms with Crippen LogP contribution in [-0.2, 0) is 4.79 Å². The summed E-state index contributed by atoms with van der Waals surface area (Å²) in [6, 6.07) is 2.99. The fourth-order valence-electron chi connectivity index (χ4n) is 2.76. The SMILES string of the molecule is Cc1cc([N+](=O)[O-])c(Cl)cc1N1CCCC(C)(C(=O)O)C1. The van der Waals surface area contributed by atoms with Gasteiger partial charge in [-0.25, -0.2) is 0 Å². The Morgan fingerprint density at radius 3 is 2.76 bits per heavy atom. The highest BCUT2D eigenvalue weighted by Crippen LogP contribution is 2.37. The Labute approximate surface area is 127 Å². The molecule has 0 aliphatic carbocycles. The monoisotopic (exact) mass is 312 g/mol. The predicted octanol–water partition coefficient (Wildman–Crippen LogP) is 3.25. The number of benzene rings is 1. The molecule has 114 valence electrons. The smallest absolute Gasteiger partial charge is 0.311 e. The summed E-state index contributed by atoms with van der Waals surface area (Å²) < 4.78 is 0. The number of carboxylic acid groups (broad SMARTS) is 1. The Kier molecular flexibility index (Phi) is 4.09. The van der Waals surface area contributed by atoms with E-state index in [0.29, 0.717) is 13.0 Å². The maximum Gasteiger partial charge on any atom is 0.311 e. The first-order valence-electron chi connectivity index (χ1n) is 6.67. The molecule has 1 fully saturated rings. The van der Waals surface area contributed by atoms with Crippen LogP contribution < -0.4 is 4.90 Å². The first-order valence-corrected chi connectivity index (χ1v) is 7.05. The highest BCUT2D eigenvalue weighted by Gasteiger charge is 2.38. The fourth-order valence-corrected chi connectivity index (χ4v) is 2.98. The Morgan fingerprint density at radius 1 is 1.52 bits per heavy atom. The van der Waals surface area contributed by atoms with E-state index in [1.54, 1.807) is 19.9 Å². The molecule has 0 radical (unpaired) electrons. The van der Waals surface area contributed by atoms with Crippen LogP contribution in [0, 0.1) is 22.5 Å². The van der Waals surface area contributed by atoms with Gasteiger partial charge in [0.2, 0.25) is 0 Å². The second-order valence-electron chi connectivity index (χ2n) is 5.74. The largest absolute Gasteiger partial charge is 0.481 e. The van der Waals surface area contributed by atoms with Crippen LogP contribution in [0.15, 0.2) is 12.1 Å². The molecule has 1 aromatic carbocycles. The molecule has 0 bridgehead atoms. The Hall–Kier alpha value is -1.82. The van der Waals surface area contributed by atoms with Gasteiger partial charge in [-0.1, -0.05) is 11.6 Å². The molecule has 1 atom stereocenters. The zero-order valence-corrected chi connectivity index (χ0v) is 12.7. The number of nitro benzene ring substituents is 1. The lowest BCUT2D eigenvalue weighted by Crippen LogP contribution is -2.46. The standard InChI is InChI=1S/C14H17ClN2O4/c1-9-6-12(17(20)21)10(15)7-11(9)16-5-3-4-14(2,8-16)13(18)19/h6-7H,3-5,8H2,1-2H3,(H,18,19). The molecular weight excluding hydrogens is 296 g/mol. The number of hydrogen-bond donors (Lipinski definition) is 1. The Morgan fingerprint density at radius 2 is 2.19 bits per heavy atom. The highest BCUT2D eigenvalue weighted by molar-refractivity contribution is 6.33. The molecule has 0 saturated carbocycles. The molecule has 1 aliphatic rings. The lowest BCUT2D eigenvalue weighted by Gasteiger charge is -2.39. The molecule has 1 heterocycles. The topological polar surface area (TPSA) is 83.7 Å². The number of carboxylic acids is 1. The molecule has 1 aromatic rings. The van der Waals surface area contributed by atoms with Crippen molar-refractivity contribution in [3.05, 3.63) is 32.8 Å². The average molecular weight is 313 g/mol. The van der Waals surface area contributed by atoms with Crippen LogP contribution in [0.25, 0.3) is 0 Å². The third-order valence-corrected chi connectivity index (χ3v) is 4.32. The molecule has 6 nitrogen and oxygen atoms in total. The Bertz CT molecular complexity index is 605. The van der Waals surface area contributed by atoms with Gasteiger partial charge in [-0.15, -0.1) is 0 Å². The maximum atomic E-state index is 11.4. The lowest BCUT2D eigenvalue weighted by molar-refractivity contribution is -0.384. The van der Waals surface area contributed by atoms with Crippen LogP contribution >= 0.6 is 11.6 Å². The fraction of sp³-hybridized carbons (Fsp3) is 0.500. The molecule has 1 aliphatic heterocycles. The van der Waals surface area contributed by atoms with Crippen LogP contribution in [0.1, 0.15) is 25.3 Å². The minimum absolute atomic E-state index is 0.0724. The first-order chi connectivity index (χ1) is 9.74. The van der Waals surface area contributed by atoms with E-state index in [0.717, 1.165) is 24.2 Å².